The number of nitrogens with one attached hydrogen (secondary N) is 1. The quantitative estimate of drug-likeness (QED) is 0.0204. The highest BCUT2D eigenvalue weighted by molar-refractivity contribution is 5.76. The van der Waals surface area contributed by atoms with Crippen LogP contribution in [0.1, 0.15) is 380 Å². The molecule has 12 unspecified atom stereocenters. The summed E-state index contributed by atoms with van der Waals surface area (Å²) in [5.41, 5.74) is 0. The molecule has 12 atom stereocenters. The van der Waals surface area contributed by atoms with Crippen LogP contribution in [0.4, 0.5) is 0 Å². The molecule has 0 aromatic heterocycles. The molecule has 0 aromatic carbocycles. The minimum absolute atomic E-state index is 0.200. The smallest absolute Gasteiger partial charge is 0.220 e. The van der Waals surface area contributed by atoms with Gasteiger partial charge in [-0.15, -0.1) is 0 Å². The normalized spacial score (nSPS) is 22.1. The van der Waals surface area contributed by atoms with Crippen LogP contribution < -0.4 is 5.32 Å². The number of aliphatic hydroxyl groups is 8. The Labute approximate surface area is 618 Å². The van der Waals surface area contributed by atoms with Crippen molar-refractivity contribution < 1.29 is 64.6 Å². The number of ether oxygens (including phenoxy) is 4. The highest BCUT2D eigenvalue weighted by atomic mass is 16.7. The van der Waals surface area contributed by atoms with Crippen LogP contribution in [0.25, 0.3) is 0 Å². The van der Waals surface area contributed by atoms with Gasteiger partial charge in [0.2, 0.25) is 5.91 Å². The van der Waals surface area contributed by atoms with Crippen molar-refractivity contribution in [3.63, 3.8) is 0 Å². The van der Waals surface area contributed by atoms with E-state index < -0.39 is 86.8 Å². The number of carbonyl (C=O) groups is 1. The number of aliphatic hydroxyl groups excluding tert-OH is 8. The number of hydrogen-bond acceptors (Lipinski definition) is 13. The Morgan fingerprint density at radius 1 is 0.366 bits per heavy atom. The van der Waals surface area contributed by atoms with Gasteiger partial charge in [-0.1, -0.05) is 382 Å². The van der Waals surface area contributed by atoms with Gasteiger partial charge in [-0.05, 0) is 64.2 Å². The average molecular weight is 1430 g/mol. The third-order valence-corrected chi connectivity index (χ3v) is 20.7. The van der Waals surface area contributed by atoms with E-state index in [9.17, 15) is 45.6 Å². The lowest BCUT2D eigenvalue weighted by molar-refractivity contribution is -0.359. The summed E-state index contributed by atoms with van der Waals surface area (Å²) in [6.45, 7) is 2.81. The Bertz CT molecular complexity index is 1980. The first-order valence-corrected chi connectivity index (χ1v) is 42.7. The maximum Gasteiger partial charge on any atom is 0.220 e. The van der Waals surface area contributed by atoms with Crippen LogP contribution in [0.15, 0.2) is 72.9 Å². The average Bonchev–Trinajstić information content (AvgIpc) is 0.790. The van der Waals surface area contributed by atoms with Gasteiger partial charge in [0.25, 0.3) is 0 Å². The van der Waals surface area contributed by atoms with Gasteiger partial charge >= 0.3 is 0 Å². The molecule has 101 heavy (non-hydrogen) atoms. The van der Waals surface area contributed by atoms with Crippen molar-refractivity contribution in [2.45, 2.75) is 453 Å². The van der Waals surface area contributed by atoms with E-state index in [4.69, 9.17) is 18.9 Å². The summed E-state index contributed by atoms with van der Waals surface area (Å²) in [6.07, 6.45) is 81.0. The van der Waals surface area contributed by atoms with Gasteiger partial charge in [0.05, 0.1) is 32.0 Å². The highest BCUT2D eigenvalue weighted by Gasteiger charge is 2.51. The molecule has 2 saturated heterocycles. The van der Waals surface area contributed by atoms with Crippen molar-refractivity contribution >= 4 is 5.91 Å². The second-order valence-corrected chi connectivity index (χ2v) is 29.9. The lowest BCUT2D eigenvalue weighted by Crippen LogP contribution is -2.65. The van der Waals surface area contributed by atoms with Gasteiger partial charge in [0, 0.05) is 6.42 Å². The van der Waals surface area contributed by atoms with Crippen LogP contribution in [0, 0.1) is 0 Å². The summed E-state index contributed by atoms with van der Waals surface area (Å²) in [5, 5.41) is 88.0. The maximum absolute atomic E-state index is 13.4. The fourth-order valence-electron chi connectivity index (χ4n) is 14.0. The van der Waals surface area contributed by atoms with Gasteiger partial charge in [0.1, 0.15) is 48.8 Å². The summed E-state index contributed by atoms with van der Waals surface area (Å²) in [7, 11) is 0. The molecule has 2 aliphatic rings. The van der Waals surface area contributed by atoms with Crippen LogP contribution >= 0.6 is 0 Å². The van der Waals surface area contributed by atoms with E-state index in [1.165, 1.54) is 263 Å². The van der Waals surface area contributed by atoms with E-state index in [-0.39, 0.29) is 12.5 Å². The molecule has 0 radical (unpaired) electrons. The maximum atomic E-state index is 13.4. The molecule has 0 saturated carbocycles. The molecular formula is C87H159NO13. The predicted octanol–water partition coefficient (Wildman–Crippen LogP) is 20.1. The largest absolute Gasteiger partial charge is 0.394 e. The summed E-state index contributed by atoms with van der Waals surface area (Å²) < 4.78 is 23.0. The lowest BCUT2D eigenvalue weighted by Gasteiger charge is -2.46. The molecule has 0 aromatic rings. The van der Waals surface area contributed by atoms with Crippen LogP contribution in [0.3, 0.4) is 0 Å². The molecule has 0 bridgehead atoms. The molecule has 2 fully saturated rings. The van der Waals surface area contributed by atoms with Gasteiger partial charge in [-0.2, -0.15) is 0 Å². The van der Waals surface area contributed by atoms with E-state index in [0.717, 1.165) is 89.9 Å². The molecular weight excluding hydrogens is 1270 g/mol. The van der Waals surface area contributed by atoms with Crippen LogP contribution in [0.2, 0.25) is 0 Å². The van der Waals surface area contributed by atoms with Crippen molar-refractivity contribution in [3.8, 4) is 0 Å². The number of rotatable bonds is 72. The van der Waals surface area contributed by atoms with Crippen LogP contribution in [-0.2, 0) is 23.7 Å². The first kappa shape index (κ1) is 94.5. The minimum atomic E-state index is -1.78. The SMILES string of the molecule is CC/C=C\C/C=C\C/C=C\C/C=C\C/C=C\C/C=C\CCCCCCCCCCCCCCCCCCCCCCC(=O)NC(COC1OC(CO)C(OC2OC(CO)C(O)C(O)C2O)C(O)C1O)C(O)CCCCCCCCCCCCCCCCCCCCCCCCCCCCCC. The van der Waals surface area contributed by atoms with E-state index in [0.29, 0.717) is 12.8 Å². The van der Waals surface area contributed by atoms with E-state index >= 15 is 0 Å². The Balaban J connectivity index is 1.57. The first-order valence-electron chi connectivity index (χ1n) is 42.7. The van der Waals surface area contributed by atoms with Gasteiger partial charge in [-0.25, -0.2) is 0 Å². The molecule has 590 valence electrons. The zero-order chi connectivity index (χ0) is 73.0. The Hall–Kier alpha value is -2.57. The molecule has 14 heteroatoms. The number of carbonyl (C=O) groups excluding carboxylic acids is 1. The Morgan fingerprint density at radius 3 is 1.05 bits per heavy atom. The van der Waals surface area contributed by atoms with Crippen molar-refractivity contribution in [2.24, 2.45) is 0 Å². The standard InChI is InChI=1S/C87H159NO13/c1-3-5-7-9-11-13-15-17-19-21-23-25-27-29-31-33-34-35-36-37-38-39-40-41-42-43-45-47-49-51-53-55-57-59-61-63-65-67-69-71-79(92)88-75(74-98-86-84(97)82(95)85(78(73-90)100-86)101-87-83(96)81(94)80(93)77(72-89)99-87)76(91)70-68-66-64-62-60-58-56-54-52-50-48-46-44-32-30-28-26-24-22-20-18-16-14-12-10-8-6-4-2/h5,7,11,13,17,19,23,25,29,31,34-35,75-78,80-87,89-91,93-97H,3-4,6,8-10,12,14-16,18,20-22,24,26-28,30,32-33,36-74H2,1-2H3,(H,88,92)/b7-5-,13-11-,19-17-,25-23-,31-29-,35-34-. The van der Waals surface area contributed by atoms with Crippen molar-refractivity contribution in [1.82, 2.24) is 5.32 Å². The van der Waals surface area contributed by atoms with Crippen LogP contribution in [0.5, 0.6) is 0 Å². The van der Waals surface area contributed by atoms with Gasteiger partial charge in [-0.3, -0.25) is 4.79 Å². The van der Waals surface area contributed by atoms with Crippen molar-refractivity contribution in [1.29, 1.82) is 0 Å². The molecule has 0 aliphatic carbocycles. The third kappa shape index (κ3) is 53.0. The first-order chi connectivity index (χ1) is 49.6. The number of allylic oxidation sites excluding steroid dienone is 12. The highest BCUT2D eigenvalue weighted by Crippen LogP contribution is 2.31. The molecule has 1 amide bonds. The zero-order valence-corrected chi connectivity index (χ0v) is 64.9. The second kappa shape index (κ2) is 70.4. The molecule has 9 N–H and O–H groups in total. The zero-order valence-electron chi connectivity index (χ0n) is 64.9. The topological polar surface area (TPSA) is 228 Å². The van der Waals surface area contributed by atoms with E-state index in [1.807, 2.05) is 0 Å². The summed E-state index contributed by atoms with van der Waals surface area (Å²) in [4.78, 5) is 13.4. The lowest BCUT2D eigenvalue weighted by atomic mass is 9.97. The number of hydrogen-bond donors (Lipinski definition) is 9. The third-order valence-electron chi connectivity index (χ3n) is 20.7. The number of unbranched alkanes of at least 4 members (excludes halogenated alkanes) is 47. The molecule has 2 rings (SSSR count). The minimum Gasteiger partial charge on any atom is -0.394 e. The summed E-state index contributed by atoms with van der Waals surface area (Å²) in [5.74, 6) is -0.200. The summed E-state index contributed by atoms with van der Waals surface area (Å²) >= 11 is 0. The molecule has 14 nitrogen and oxygen atoms in total. The molecule has 0 spiro atoms. The van der Waals surface area contributed by atoms with Crippen molar-refractivity contribution in [2.75, 3.05) is 19.8 Å². The number of amides is 1. The van der Waals surface area contributed by atoms with Gasteiger partial charge in [0.15, 0.2) is 12.6 Å². The Morgan fingerprint density at radius 2 is 0.683 bits per heavy atom. The Kier molecular flexibility index (Phi) is 65.9. The molecule has 2 heterocycles. The monoisotopic (exact) mass is 1430 g/mol. The van der Waals surface area contributed by atoms with Crippen LogP contribution in [-0.4, -0.2) is 140 Å². The predicted molar refractivity (Wildman–Crippen MR) is 420 cm³/mol. The summed E-state index contributed by atoms with van der Waals surface area (Å²) in [6, 6.07) is -0.832. The van der Waals surface area contributed by atoms with Crippen molar-refractivity contribution in [3.05, 3.63) is 72.9 Å². The molecule has 2 aliphatic heterocycles. The van der Waals surface area contributed by atoms with E-state index in [1.54, 1.807) is 0 Å². The fourth-order valence-corrected chi connectivity index (χ4v) is 14.0. The fraction of sp³-hybridized carbons (Fsp3) is 0.851. The van der Waals surface area contributed by atoms with Gasteiger partial charge < -0.3 is 65.1 Å². The second-order valence-electron chi connectivity index (χ2n) is 29.9. The van der Waals surface area contributed by atoms with E-state index in [2.05, 4.69) is 92.1 Å².